The van der Waals surface area contributed by atoms with Gasteiger partial charge in [-0.2, -0.15) is 0 Å². The summed E-state index contributed by atoms with van der Waals surface area (Å²) in [6.07, 6.45) is 4.06. The highest BCUT2D eigenvalue weighted by molar-refractivity contribution is 9.10. The smallest absolute Gasteiger partial charge is 0.0207 e. The van der Waals surface area contributed by atoms with E-state index < -0.39 is 0 Å². The Morgan fingerprint density at radius 1 is 1.32 bits per heavy atom. The zero-order chi connectivity index (χ0) is 13.7. The van der Waals surface area contributed by atoms with Gasteiger partial charge in [0.2, 0.25) is 0 Å². The zero-order valence-corrected chi connectivity index (χ0v) is 13.7. The standard InChI is InChI=1S/C16H25BrN2/c1-13-3-4-15(11-16(13)17)12-18-8-5-14-6-9-19(2)10-7-14/h3-4,11,14,18H,5-10,12H2,1-2H3. The van der Waals surface area contributed by atoms with Crippen molar-refractivity contribution in [3.8, 4) is 0 Å². The van der Waals surface area contributed by atoms with Gasteiger partial charge in [0, 0.05) is 11.0 Å². The van der Waals surface area contributed by atoms with Crippen molar-refractivity contribution in [2.45, 2.75) is 32.7 Å². The summed E-state index contributed by atoms with van der Waals surface area (Å²) in [5.74, 6) is 0.924. The predicted molar refractivity (Wildman–Crippen MR) is 85.4 cm³/mol. The van der Waals surface area contributed by atoms with E-state index in [1.54, 1.807) is 0 Å². The van der Waals surface area contributed by atoms with E-state index in [2.05, 4.69) is 58.3 Å². The van der Waals surface area contributed by atoms with Gasteiger partial charge in [0.05, 0.1) is 0 Å². The molecule has 0 unspecified atom stereocenters. The summed E-state index contributed by atoms with van der Waals surface area (Å²) in [5.41, 5.74) is 2.66. The highest BCUT2D eigenvalue weighted by Crippen LogP contribution is 2.19. The predicted octanol–water partition coefficient (Wildman–Crippen LogP) is 3.58. The number of aryl methyl sites for hydroxylation is 1. The van der Waals surface area contributed by atoms with Crippen LogP contribution >= 0.6 is 15.9 Å². The largest absolute Gasteiger partial charge is 0.313 e. The van der Waals surface area contributed by atoms with Crippen molar-refractivity contribution in [2.24, 2.45) is 5.92 Å². The molecule has 106 valence electrons. The molecule has 1 fully saturated rings. The SMILES string of the molecule is Cc1ccc(CNCCC2CCN(C)CC2)cc1Br. The first kappa shape index (κ1) is 15.0. The molecule has 0 spiro atoms. The number of nitrogens with one attached hydrogen (secondary N) is 1. The van der Waals surface area contributed by atoms with E-state index in [0.29, 0.717) is 0 Å². The summed E-state index contributed by atoms with van der Waals surface area (Å²) < 4.78 is 1.21. The average Bonchev–Trinajstić information content (AvgIpc) is 2.41. The first-order valence-corrected chi connectivity index (χ1v) is 8.09. The highest BCUT2D eigenvalue weighted by atomic mass is 79.9. The fourth-order valence-corrected chi connectivity index (χ4v) is 3.06. The molecule has 0 radical (unpaired) electrons. The van der Waals surface area contributed by atoms with Crippen LogP contribution in [0.1, 0.15) is 30.4 Å². The Balaban J connectivity index is 1.65. The first-order valence-electron chi connectivity index (χ1n) is 7.29. The van der Waals surface area contributed by atoms with Crippen LogP contribution in [-0.2, 0) is 6.54 Å². The monoisotopic (exact) mass is 324 g/mol. The van der Waals surface area contributed by atoms with E-state index in [0.717, 1.165) is 19.0 Å². The lowest BCUT2D eigenvalue weighted by Gasteiger charge is -2.28. The second-order valence-corrected chi connectivity index (χ2v) is 6.65. The lowest BCUT2D eigenvalue weighted by atomic mass is 9.94. The Labute approximate surface area is 125 Å². The number of hydrogen-bond acceptors (Lipinski definition) is 2. The summed E-state index contributed by atoms with van der Waals surface area (Å²) in [7, 11) is 2.23. The van der Waals surface area contributed by atoms with Gasteiger partial charge in [0.25, 0.3) is 0 Å². The van der Waals surface area contributed by atoms with E-state index in [9.17, 15) is 0 Å². The van der Waals surface area contributed by atoms with Crippen LogP contribution in [0.4, 0.5) is 0 Å². The van der Waals surface area contributed by atoms with Crippen molar-refractivity contribution in [3.05, 3.63) is 33.8 Å². The Kier molecular flexibility index (Phi) is 5.86. The average molecular weight is 325 g/mol. The van der Waals surface area contributed by atoms with Gasteiger partial charge < -0.3 is 10.2 Å². The minimum absolute atomic E-state index is 0.924. The van der Waals surface area contributed by atoms with Crippen molar-refractivity contribution in [2.75, 3.05) is 26.7 Å². The normalized spacial score (nSPS) is 17.8. The second kappa shape index (κ2) is 7.41. The van der Waals surface area contributed by atoms with E-state index in [1.807, 2.05) is 0 Å². The third kappa shape index (κ3) is 4.90. The fourth-order valence-electron chi connectivity index (χ4n) is 2.64. The van der Waals surface area contributed by atoms with Crippen molar-refractivity contribution in [3.63, 3.8) is 0 Å². The van der Waals surface area contributed by atoms with Gasteiger partial charge >= 0.3 is 0 Å². The Morgan fingerprint density at radius 2 is 2.05 bits per heavy atom. The molecule has 2 nitrogen and oxygen atoms in total. The van der Waals surface area contributed by atoms with E-state index in [-0.39, 0.29) is 0 Å². The number of nitrogens with zero attached hydrogens (tertiary/aromatic N) is 1. The third-order valence-corrected chi connectivity index (χ3v) is 4.99. The van der Waals surface area contributed by atoms with Crippen LogP contribution in [0.15, 0.2) is 22.7 Å². The number of likely N-dealkylation sites (tertiary alicyclic amines) is 1. The first-order chi connectivity index (χ1) is 9.15. The third-order valence-electron chi connectivity index (χ3n) is 4.13. The molecular formula is C16H25BrN2. The number of hydrogen-bond donors (Lipinski definition) is 1. The summed E-state index contributed by atoms with van der Waals surface area (Å²) in [4.78, 5) is 2.44. The zero-order valence-electron chi connectivity index (χ0n) is 12.1. The maximum Gasteiger partial charge on any atom is 0.0207 e. The number of rotatable bonds is 5. The van der Waals surface area contributed by atoms with Gasteiger partial charge in [-0.25, -0.2) is 0 Å². The van der Waals surface area contributed by atoms with Crippen molar-refractivity contribution >= 4 is 15.9 Å². The van der Waals surface area contributed by atoms with Gasteiger partial charge in [-0.3, -0.25) is 0 Å². The molecule has 19 heavy (non-hydrogen) atoms. The lowest BCUT2D eigenvalue weighted by Crippen LogP contribution is -2.31. The van der Waals surface area contributed by atoms with E-state index in [4.69, 9.17) is 0 Å². The van der Waals surface area contributed by atoms with Crippen LogP contribution in [0.5, 0.6) is 0 Å². The van der Waals surface area contributed by atoms with E-state index >= 15 is 0 Å². The van der Waals surface area contributed by atoms with Crippen LogP contribution in [0.3, 0.4) is 0 Å². The molecule has 0 bridgehead atoms. The van der Waals surface area contributed by atoms with E-state index in [1.165, 1.54) is 48.0 Å². The van der Waals surface area contributed by atoms with Crippen LogP contribution in [-0.4, -0.2) is 31.6 Å². The molecule has 1 aliphatic heterocycles. The van der Waals surface area contributed by atoms with Crippen LogP contribution in [0.2, 0.25) is 0 Å². The summed E-state index contributed by atoms with van der Waals surface area (Å²) in [6, 6.07) is 6.61. The van der Waals surface area contributed by atoms with Crippen LogP contribution in [0, 0.1) is 12.8 Å². The Hall–Kier alpha value is -0.380. The number of halogens is 1. The Morgan fingerprint density at radius 3 is 2.74 bits per heavy atom. The van der Waals surface area contributed by atoms with Gasteiger partial charge in [-0.15, -0.1) is 0 Å². The maximum atomic E-state index is 3.59. The molecule has 0 saturated carbocycles. The summed E-state index contributed by atoms with van der Waals surface area (Å²) in [5, 5.41) is 3.57. The van der Waals surface area contributed by atoms with Crippen molar-refractivity contribution in [1.29, 1.82) is 0 Å². The lowest BCUT2D eigenvalue weighted by molar-refractivity contribution is 0.211. The summed E-state index contributed by atoms with van der Waals surface area (Å²) in [6.45, 7) is 6.79. The molecule has 2 rings (SSSR count). The fraction of sp³-hybridized carbons (Fsp3) is 0.625. The maximum absolute atomic E-state index is 3.59. The van der Waals surface area contributed by atoms with Crippen molar-refractivity contribution < 1.29 is 0 Å². The molecule has 0 aromatic heterocycles. The molecule has 1 aromatic carbocycles. The van der Waals surface area contributed by atoms with Crippen LogP contribution in [0.25, 0.3) is 0 Å². The Bertz CT molecular complexity index is 398. The summed E-state index contributed by atoms with van der Waals surface area (Å²) >= 11 is 3.59. The molecule has 1 N–H and O–H groups in total. The van der Waals surface area contributed by atoms with Gasteiger partial charge in [-0.1, -0.05) is 28.1 Å². The molecule has 1 saturated heterocycles. The molecule has 0 aliphatic carbocycles. The molecule has 1 aromatic rings. The minimum atomic E-state index is 0.924. The molecule has 1 aliphatic rings. The van der Waals surface area contributed by atoms with Gasteiger partial charge in [-0.05, 0) is 76.0 Å². The number of benzene rings is 1. The van der Waals surface area contributed by atoms with Crippen LogP contribution < -0.4 is 5.32 Å². The second-order valence-electron chi connectivity index (χ2n) is 5.80. The number of piperidine rings is 1. The quantitative estimate of drug-likeness (QED) is 0.833. The van der Waals surface area contributed by atoms with Gasteiger partial charge in [0.15, 0.2) is 0 Å². The molecule has 1 heterocycles. The molecule has 3 heteroatoms. The molecule has 0 amide bonds. The van der Waals surface area contributed by atoms with Gasteiger partial charge in [0.1, 0.15) is 0 Å². The molecule has 0 atom stereocenters. The van der Waals surface area contributed by atoms with Crippen molar-refractivity contribution in [1.82, 2.24) is 10.2 Å². The molecular weight excluding hydrogens is 300 g/mol. The minimum Gasteiger partial charge on any atom is -0.313 e. The topological polar surface area (TPSA) is 15.3 Å². The highest BCUT2D eigenvalue weighted by Gasteiger charge is 2.15.